The van der Waals surface area contributed by atoms with E-state index in [9.17, 15) is 0 Å². The monoisotopic (exact) mass is 176 g/mol. The lowest BCUT2D eigenvalue weighted by molar-refractivity contribution is 0.414. The fourth-order valence-corrected chi connectivity index (χ4v) is 1.73. The van der Waals surface area contributed by atoms with E-state index in [2.05, 4.69) is 17.4 Å². The Balaban J connectivity index is 2.12. The average Bonchev–Trinajstić information content (AvgIpc) is 2.71. The van der Waals surface area contributed by atoms with Crippen LogP contribution >= 0.6 is 0 Å². The van der Waals surface area contributed by atoms with Gasteiger partial charge in [0.25, 0.3) is 0 Å². The Bertz CT molecular complexity index is 262. The molecule has 2 heteroatoms. The maximum atomic E-state index is 5.11. The first-order chi connectivity index (χ1) is 6.40. The van der Waals surface area contributed by atoms with Crippen LogP contribution in [-0.4, -0.2) is 20.2 Å². The first-order valence-electron chi connectivity index (χ1n) is 4.67. The highest BCUT2D eigenvalue weighted by molar-refractivity contribution is 5.30. The zero-order valence-corrected chi connectivity index (χ0v) is 7.86. The largest absolute Gasteiger partial charge is 0.497 e. The summed E-state index contributed by atoms with van der Waals surface area (Å²) in [5, 5.41) is 4.35. The molecule has 0 aromatic heterocycles. The number of nitrogens with zero attached hydrogens (tertiary/aromatic N) is 1. The van der Waals surface area contributed by atoms with Crippen LogP contribution in [0.2, 0.25) is 0 Å². The Morgan fingerprint density at radius 1 is 1.31 bits per heavy atom. The van der Waals surface area contributed by atoms with E-state index >= 15 is 0 Å². The Hall–Kier alpha value is -1.02. The molecule has 1 fully saturated rings. The van der Waals surface area contributed by atoms with Crippen LogP contribution < -0.4 is 10.1 Å². The summed E-state index contributed by atoms with van der Waals surface area (Å²) >= 11 is 0. The molecule has 0 aliphatic carbocycles. The SMILES string of the molecule is COc1ccc(C2CC[N]C2)cc1. The van der Waals surface area contributed by atoms with Crippen molar-refractivity contribution in [1.82, 2.24) is 5.32 Å². The first-order valence-corrected chi connectivity index (χ1v) is 4.67. The van der Waals surface area contributed by atoms with Gasteiger partial charge in [0, 0.05) is 13.1 Å². The quantitative estimate of drug-likeness (QED) is 0.673. The summed E-state index contributed by atoms with van der Waals surface area (Å²) in [4.78, 5) is 0. The molecule has 1 heterocycles. The van der Waals surface area contributed by atoms with E-state index in [1.54, 1.807) is 7.11 Å². The molecular formula is C11H14NO. The number of hydrogen-bond acceptors (Lipinski definition) is 1. The van der Waals surface area contributed by atoms with Crippen molar-refractivity contribution >= 4 is 0 Å². The molecule has 0 spiro atoms. The summed E-state index contributed by atoms with van der Waals surface area (Å²) in [6.45, 7) is 2.02. The van der Waals surface area contributed by atoms with Crippen LogP contribution in [0.25, 0.3) is 0 Å². The third-order valence-corrected chi connectivity index (χ3v) is 2.57. The number of benzene rings is 1. The van der Waals surface area contributed by atoms with E-state index in [0.29, 0.717) is 5.92 Å². The molecule has 0 saturated carbocycles. The highest BCUT2D eigenvalue weighted by atomic mass is 16.5. The third-order valence-electron chi connectivity index (χ3n) is 2.57. The van der Waals surface area contributed by atoms with Gasteiger partial charge in [0.05, 0.1) is 7.11 Å². The van der Waals surface area contributed by atoms with Gasteiger partial charge in [-0.3, -0.25) is 0 Å². The molecule has 1 radical (unpaired) electrons. The summed E-state index contributed by atoms with van der Waals surface area (Å²) < 4.78 is 5.11. The maximum Gasteiger partial charge on any atom is 0.118 e. The van der Waals surface area contributed by atoms with Crippen LogP contribution in [0.1, 0.15) is 17.9 Å². The molecule has 1 aliphatic rings. The lowest BCUT2D eigenvalue weighted by Gasteiger charge is -2.08. The minimum Gasteiger partial charge on any atom is -0.497 e. The predicted molar refractivity (Wildman–Crippen MR) is 52.2 cm³/mol. The Kier molecular flexibility index (Phi) is 2.50. The van der Waals surface area contributed by atoms with Crippen LogP contribution in [0.3, 0.4) is 0 Å². The van der Waals surface area contributed by atoms with Gasteiger partial charge in [0.2, 0.25) is 0 Å². The number of rotatable bonds is 2. The molecule has 1 unspecified atom stereocenters. The van der Waals surface area contributed by atoms with Crippen molar-refractivity contribution in [3.8, 4) is 5.75 Å². The van der Waals surface area contributed by atoms with Gasteiger partial charge in [-0.25, -0.2) is 5.32 Å². The molecule has 2 rings (SSSR count). The van der Waals surface area contributed by atoms with Crippen molar-refractivity contribution in [1.29, 1.82) is 0 Å². The van der Waals surface area contributed by atoms with Crippen molar-refractivity contribution < 1.29 is 4.74 Å². The van der Waals surface area contributed by atoms with Gasteiger partial charge in [-0.2, -0.15) is 0 Å². The van der Waals surface area contributed by atoms with Crippen molar-refractivity contribution in [2.24, 2.45) is 0 Å². The molecule has 1 atom stereocenters. The minimum absolute atomic E-state index is 0.644. The summed E-state index contributed by atoms with van der Waals surface area (Å²) in [6.07, 6.45) is 1.20. The summed E-state index contributed by atoms with van der Waals surface area (Å²) in [5.74, 6) is 1.57. The fraction of sp³-hybridized carbons (Fsp3) is 0.455. The van der Waals surface area contributed by atoms with Crippen LogP contribution in [-0.2, 0) is 0 Å². The number of ether oxygens (including phenoxy) is 1. The molecule has 2 nitrogen and oxygen atoms in total. The molecule has 0 bridgehead atoms. The van der Waals surface area contributed by atoms with E-state index in [4.69, 9.17) is 4.74 Å². The molecule has 13 heavy (non-hydrogen) atoms. The van der Waals surface area contributed by atoms with Crippen molar-refractivity contribution in [3.63, 3.8) is 0 Å². The van der Waals surface area contributed by atoms with Crippen molar-refractivity contribution in [3.05, 3.63) is 29.8 Å². The minimum atomic E-state index is 0.644. The van der Waals surface area contributed by atoms with Crippen LogP contribution in [0.15, 0.2) is 24.3 Å². The average molecular weight is 176 g/mol. The normalized spacial score (nSPS) is 21.8. The van der Waals surface area contributed by atoms with Gasteiger partial charge < -0.3 is 4.74 Å². The number of methoxy groups -OCH3 is 1. The van der Waals surface area contributed by atoms with Gasteiger partial charge in [-0.05, 0) is 30.0 Å². The van der Waals surface area contributed by atoms with Gasteiger partial charge >= 0.3 is 0 Å². The first kappa shape index (κ1) is 8.57. The lowest BCUT2D eigenvalue weighted by Crippen LogP contribution is -2.00. The van der Waals surface area contributed by atoms with Crippen molar-refractivity contribution in [2.75, 3.05) is 20.2 Å². The van der Waals surface area contributed by atoms with Crippen LogP contribution in [0.5, 0.6) is 5.75 Å². The second kappa shape index (κ2) is 3.79. The second-order valence-corrected chi connectivity index (χ2v) is 3.39. The fourth-order valence-electron chi connectivity index (χ4n) is 1.73. The summed E-state index contributed by atoms with van der Waals surface area (Å²) in [7, 11) is 1.69. The predicted octanol–water partition coefficient (Wildman–Crippen LogP) is 1.79. The summed E-state index contributed by atoms with van der Waals surface area (Å²) in [6, 6.07) is 8.33. The molecule has 1 aromatic carbocycles. The topological polar surface area (TPSA) is 23.3 Å². The Labute approximate surface area is 78.9 Å². The van der Waals surface area contributed by atoms with Gasteiger partial charge in [-0.15, -0.1) is 0 Å². The van der Waals surface area contributed by atoms with E-state index < -0.39 is 0 Å². The van der Waals surface area contributed by atoms with E-state index in [1.807, 2.05) is 12.1 Å². The molecule has 0 amide bonds. The van der Waals surface area contributed by atoms with Gasteiger partial charge in [0.1, 0.15) is 5.75 Å². The van der Waals surface area contributed by atoms with Gasteiger partial charge in [0.15, 0.2) is 0 Å². The van der Waals surface area contributed by atoms with Crippen LogP contribution in [0, 0.1) is 0 Å². The molecule has 1 saturated heterocycles. The second-order valence-electron chi connectivity index (χ2n) is 3.39. The zero-order valence-electron chi connectivity index (χ0n) is 7.86. The zero-order chi connectivity index (χ0) is 9.10. The third kappa shape index (κ3) is 1.83. The maximum absolute atomic E-state index is 5.11. The van der Waals surface area contributed by atoms with Crippen molar-refractivity contribution in [2.45, 2.75) is 12.3 Å². The number of hydrogen-bond donors (Lipinski definition) is 0. The Morgan fingerprint density at radius 2 is 2.08 bits per heavy atom. The Morgan fingerprint density at radius 3 is 2.62 bits per heavy atom. The van der Waals surface area contributed by atoms with E-state index in [1.165, 1.54) is 12.0 Å². The lowest BCUT2D eigenvalue weighted by atomic mass is 9.99. The summed E-state index contributed by atoms with van der Waals surface area (Å²) in [5.41, 5.74) is 1.39. The molecule has 0 N–H and O–H groups in total. The highest BCUT2D eigenvalue weighted by Crippen LogP contribution is 2.24. The highest BCUT2D eigenvalue weighted by Gasteiger charge is 2.16. The molecule has 1 aliphatic heterocycles. The smallest absolute Gasteiger partial charge is 0.118 e. The van der Waals surface area contributed by atoms with E-state index in [-0.39, 0.29) is 0 Å². The molecular weight excluding hydrogens is 162 g/mol. The van der Waals surface area contributed by atoms with Gasteiger partial charge in [-0.1, -0.05) is 12.1 Å². The van der Waals surface area contributed by atoms with Crippen LogP contribution in [0.4, 0.5) is 0 Å². The van der Waals surface area contributed by atoms with E-state index in [0.717, 1.165) is 18.8 Å². The standard InChI is InChI=1S/C11H14NO/c1-13-11-4-2-9(3-5-11)10-6-7-12-8-10/h2-5,10H,6-8H2,1H3. The molecule has 1 aromatic rings. The molecule has 69 valence electrons.